The molecule has 3 rings (SSSR count). The van der Waals surface area contributed by atoms with Gasteiger partial charge in [-0.3, -0.25) is 0 Å². The zero-order valence-electron chi connectivity index (χ0n) is 8.28. The molecule has 0 atom stereocenters. The van der Waals surface area contributed by atoms with Gasteiger partial charge in [-0.05, 0) is 0 Å². The van der Waals surface area contributed by atoms with Gasteiger partial charge in [0, 0.05) is 0 Å². The Balaban J connectivity index is 0.000000562. The number of halogens is 1. The molecule has 0 radical (unpaired) electrons. The van der Waals surface area contributed by atoms with Gasteiger partial charge in [-0.15, -0.1) is 39.7 Å². The normalized spacial score (nSPS) is 9.60. The molecule has 2 heteroatoms. The summed E-state index contributed by atoms with van der Waals surface area (Å²) in [5, 5.41) is 5.39. The minimum atomic E-state index is 0. The van der Waals surface area contributed by atoms with Gasteiger partial charge >= 0.3 is 23.1 Å². The monoisotopic (exact) mass is 224 g/mol. The van der Waals surface area contributed by atoms with Crippen LogP contribution >= 0.6 is 0 Å². The van der Waals surface area contributed by atoms with Gasteiger partial charge in [0.05, 0.1) is 0 Å². The molecule has 0 bridgehead atoms. The summed E-state index contributed by atoms with van der Waals surface area (Å²) in [5.41, 5.74) is 0. The van der Waals surface area contributed by atoms with Crippen LogP contribution in [0.2, 0.25) is 0 Å². The van der Waals surface area contributed by atoms with E-state index in [0.29, 0.717) is 0 Å². The second-order valence-electron chi connectivity index (χ2n) is 3.32. The molecule has 0 aliphatic heterocycles. The number of rotatable bonds is 0. The van der Waals surface area contributed by atoms with Crippen LogP contribution in [0.1, 0.15) is 0 Å². The van der Waals surface area contributed by atoms with Crippen molar-refractivity contribution in [2.45, 2.75) is 0 Å². The Hall–Kier alpha value is -0.634. The van der Waals surface area contributed by atoms with Crippen molar-refractivity contribution >= 4 is 44.6 Å². The number of benzene rings is 2. The largest absolute Gasteiger partial charge is 2.00 e. The van der Waals surface area contributed by atoms with Crippen LogP contribution in [0.25, 0.3) is 21.5 Å². The molecule has 70 valence electrons. The van der Waals surface area contributed by atoms with Gasteiger partial charge in [-0.1, -0.05) is 36.4 Å². The molecule has 0 saturated carbocycles. The Morgan fingerprint density at radius 1 is 0.667 bits per heavy atom. The Bertz CT molecular complexity index is 518. The molecule has 0 amide bonds. The molecule has 0 unspecified atom stereocenters. The Kier molecular flexibility index (Phi) is 4.09. The average molecular weight is 225 g/mol. The third kappa shape index (κ3) is 2.00. The zero-order chi connectivity index (χ0) is 8.67. The third-order valence-corrected chi connectivity index (χ3v) is 2.52. The quantitative estimate of drug-likeness (QED) is 0.382. The predicted octanol–water partition coefficient (Wildman–Crippen LogP) is 0.335. The first-order valence-corrected chi connectivity index (χ1v) is 4.48. The second kappa shape index (κ2) is 4.93. The summed E-state index contributed by atoms with van der Waals surface area (Å²) < 4.78 is 0. The van der Waals surface area contributed by atoms with Crippen LogP contribution in [0.4, 0.5) is 0 Å². The van der Waals surface area contributed by atoms with Crippen molar-refractivity contribution in [3.05, 3.63) is 54.6 Å². The van der Waals surface area contributed by atoms with Gasteiger partial charge in [-0.2, -0.15) is 0 Å². The van der Waals surface area contributed by atoms with E-state index in [4.69, 9.17) is 0 Å². The van der Waals surface area contributed by atoms with E-state index in [1.54, 1.807) is 0 Å². The van der Waals surface area contributed by atoms with Gasteiger partial charge in [0.2, 0.25) is 0 Å². The summed E-state index contributed by atoms with van der Waals surface area (Å²) in [5.74, 6) is 0. The molecular weight excluding hydrogens is 216 g/mol. The van der Waals surface area contributed by atoms with Gasteiger partial charge in [0.15, 0.2) is 0 Å². The van der Waals surface area contributed by atoms with E-state index in [2.05, 4.69) is 54.6 Å². The molecule has 0 aliphatic carbocycles. The fraction of sp³-hybridized carbons (Fsp3) is 0. The second-order valence-corrected chi connectivity index (χ2v) is 3.32. The van der Waals surface area contributed by atoms with E-state index >= 15 is 0 Å². The predicted molar refractivity (Wildman–Crippen MR) is 62.8 cm³/mol. The molecule has 0 aliphatic rings. The standard InChI is InChI=1S/C13H9.ClH.Mg/c1-3-7-12-10(5-1)9-11-6-2-4-8-13(11)12;;/h1-9H;1H;/q-1;;+2/p-1. The van der Waals surface area contributed by atoms with Crippen molar-refractivity contribution in [3.63, 3.8) is 0 Å². The topological polar surface area (TPSA) is 0 Å². The molecule has 15 heavy (non-hydrogen) atoms. The number of hydrogen-bond acceptors (Lipinski definition) is 0. The summed E-state index contributed by atoms with van der Waals surface area (Å²) in [4.78, 5) is 0. The van der Waals surface area contributed by atoms with Crippen molar-refractivity contribution in [1.29, 1.82) is 0 Å². The molecule has 0 N–H and O–H groups in total. The fourth-order valence-corrected chi connectivity index (χ4v) is 1.90. The maximum Gasteiger partial charge on any atom is 2.00 e. The van der Waals surface area contributed by atoms with Crippen LogP contribution in [0.3, 0.4) is 0 Å². The third-order valence-electron chi connectivity index (χ3n) is 2.52. The van der Waals surface area contributed by atoms with Gasteiger partial charge in [-0.25, -0.2) is 0 Å². The smallest absolute Gasteiger partial charge is 1.00 e. The molecule has 3 aromatic carbocycles. The zero-order valence-corrected chi connectivity index (χ0v) is 10.5. The van der Waals surface area contributed by atoms with Crippen LogP contribution in [-0.4, -0.2) is 23.1 Å². The van der Waals surface area contributed by atoms with Crippen molar-refractivity contribution in [2.75, 3.05) is 0 Å². The average Bonchev–Trinajstić information content (AvgIpc) is 2.56. The van der Waals surface area contributed by atoms with Gasteiger partial charge in [0.25, 0.3) is 0 Å². The van der Waals surface area contributed by atoms with Crippen LogP contribution < -0.4 is 12.4 Å². The first-order chi connectivity index (χ1) is 6.45. The molecule has 0 heterocycles. The maximum atomic E-state index is 2.24. The Morgan fingerprint density at radius 2 is 1.07 bits per heavy atom. The molecule has 3 aromatic rings. The van der Waals surface area contributed by atoms with E-state index in [9.17, 15) is 0 Å². The van der Waals surface area contributed by atoms with E-state index in [-0.39, 0.29) is 35.5 Å². The van der Waals surface area contributed by atoms with E-state index in [0.717, 1.165) is 0 Å². The SMILES string of the molecule is [Cl-].[Mg+2].c1ccc2c(c1)[cH-]c1ccccc12. The van der Waals surface area contributed by atoms with Crippen molar-refractivity contribution < 1.29 is 12.4 Å². The van der Waals surface area contributed by atoms with Gasteiger partial charge < -0.3 is 12.4 Å². The van der Waals surface area contributed by atoms with E-state index in [1.165, 1.54) is 21.5 Å². The fourth-order valence-electron chi connectivity index (χ4n) is 1.90. The minimum absolute atomic E-state index is 0. The number of fused-ring (bicyclic) bond motifs is 3. The maximum absolute atomic E-state index is 2.24. The van der Waals surface area contributed by atoms with Gasteiger partial charge in [0.1, 0.15) is 0 Å². The minimum Gasteiger partial charge on any atom is -1.00 e. The molecule has 0 saturated heterocycles. The van der Waals surface area contributed by atoms with Crippen LogP contribution in [-0.2, 0) is 0 Å². The number of hydrogen-bond donors (Lipinski definition) is 0. The van der Waals surface area contributed by atoms with Crippen LogP contribution in [0.5, 0.6) is 0 Å². The summed E-state index contributed by atoms with van der Waals surface area (Å²) >= 11 is 0. The summed E-state index contributed by atoms with van der Waals surface area (Å²) in [6.45, 7) is 0. The van der Waals surface area contributed by atoms with Crippen molar-refractivity contribution in [1.82, 2.24) is 0 Å². The summed E-state index contributed by atoms with van der Waals surface area (Å²) in [6, 6.07) is 19.3. The molecule has 0 fully saturated rings. The Labute approximate surface area is 111 Å². The summed E-state index contributed by atoms with van der Waals surface area (Å²) in [7, 11) is 0. The Morgan fingerprint density at radius 3 is 1.53 bits per heavy atom. The molecular formula is C13H9ClMg. The molecule has 0 aromatic heterocycles. The first-order valence-electron chi connectivity index (χ1n) is 4.48. The van der Waals surface area contributed by atoms with Crippen LogP contribution in [0, 0.1) is 0 Å². The first kappa shape index (κ1) is 12.4. The van der Waals surface area contributed by atoms with Crippen LogP contribution in [0.15, 0.2) is 54.6 Å². The van der Waals surface area contributed by atoms with E-state index in [1.807, 2.05) is 0 Å². The van der Waals surface area contributed by atoms with Crippen molar-refractivity contribution in [3.8, 4) is 0 Å². The summed E-state index contributed by atoms with van der Waals surface area (Å²) in [6.07, 6.45) is 0. The molecule has 0 nitrogen and oxygen atoms in total. The van der Waals surface area contributed by atoms with Crippen molar-refractivity contribution in [2.24, 2.45) is 0 Å². The molecule has 0 spiro atoms. The van der Waals surface area contributed by atoms with E-state index < -0.39 is 0 Å².